The van der Waals surface area contributed by atoms with Gasteiger partial charge < -0.3 is 11.1 Å². The third-order valence-electron chi connectivity index (χ3n) is 3.79. The monoisotopic (exact) mass is 310 g/mol. The van der Waals surface area contributed by atoms with E-state index in [9.17, 15) is 0 Å². The molecule has 4 nitrogen and oxygen atoms in total. The van der Waals surface area contributed by atoms with E-state index in [4.69, 9.17) is 5.73 Å². The van der Waals surface area contributed by atoms with Crippen molar-refractivity contribution in [3.05, 3.63) is 60.0 Å². The highest BCUT2D eigenvalue weighted by molar-refractivity contribution is 6.14. The molecule has 2 rings (SSSR count). The standard InChI is InChI=1S/C19H26N4/c1-13(2)9-15(10-21-4)11-22-12-17-18(20)7-8-23-19(17)14(3)16-5-6-16/h7-10,12,16,18,22H,1,3,5-6,11,20H2,2,4H3/b15-9+,17-12+,21-10-. The van der Waals surface area contributed by atoms with E-state index < -0.39 is 0 Å². The highest BCUT2D eigenvalue weighted by Gasteiger charge is 2.30. The van der Waals surface area contributed by atoms with Crippen LogP contribution in [0.1, 0.15) is 19.8 Å². The second kappa shape index (κ2) is 7.88. The van der Waals surface area contributed by atoms with Crippen molar-refractivity contribution in [3.63, 3.8) is 0 Å². The van der Waals surface area contributed by atoms with Gasteiger partial charge in [0.05, 0.1) is 11.8 Å². The van der Waals surface area contributed by atoms with Crippen molar-refractivity contribution in [1.82, 2.24) is 5.32 Å². The van der Waals surface area contributed by atoms with Crippen molar-refractivity contribution < 1.29 is 0 Å². The zero-order valence-electron chi connectivity index (χ0n) is 14.0. The van der Waals surface area contributed by atoms with E-state index in [0.29, 0.717) is 12.5 Å². The first-order chi connectivity index (χ1) is 11.0. The van der Waals surface area contributed by atoms with Gasteiger partial charge in [-0.3, -0.25) is 9.98 Å². The number of hydrogen-bond acceptors (Lipinski definition) is 4. The number of nitrogens with zero attached hydrogens (tertiary/aromatic N) is 2. The molecule has 4 heteroatoms. The minimum atomic E-state index is -0.154. The Morgan fingerprint density at radius 1 is 1.48 bits per heavy atom. The summed E-state index contributed by atoms with van der Waals surface area (Å²) in [6, 6.07) is -0.154. The first kappa shape index (κ1) is 17.2. The molecule has 1 fully saturated rings. The van der Waals surface area contributed by atoms with Gasteiger partial charge in [0.2, 0.25) is 0 Å². The summed E-state index contributed by atoms with van der Waals surface area (Å²) in [6.07, 6.45) is 11.9. The van der Waals surface area contributed by atoms with Gasteiger partial charge in [0.15, 0.2) is 0 Å². The average molecular weight is 310 g/mol. The maximum absolute atomic E-state index is 6.21. The van der Waals surface area contributed by atoms with Gasteiger partial charge >= 0.3 is 0 Å². The summed E-state index contributed by atoms with van der Waals surface area (Å²) < 4.78 is 0. The summed E-state index contributed by atoms with van der Waals surface area (Å²) in [6.45, 7) is 10.7. The van der Waals surface area contributed by atoms with Crippen LogP contribution < -0.4 is 11.1 Å². The molecule has 2 aliphatic rings. The number of rotatable bonds is 7. The summed E-state index contributed by atoms with van der Waals surface area (Å²) in [5.74, 6) is 0.571. The number of aliphatic imine (C=N–C) groups is 2. The zero-order valence-corrected chi connectivity index (χ0v) is 14.0. The van der Waals surface area contributed by atoms with Crippen molar-refractivity contribution in [2.24, 2.45) is 21.6 Å². The van der Waals surface area contributed by atoms with Gasteiger partial charge in [0.25, 0.3) is 0 Å². The largest absolute Gasteiger partial charge is 0.386 e. The zero-order chi connectivity index (χ0) is 16.8. The Balaban J connectivity index is 2.09. The number of allylic oxidation sites excluding steroid dienone is 3. The van der Waals surface area contributed by atoms with Crippen LogP contribution >= 0.6 is 0 Å². The smallest absolute Gasteiger partial charge is 0.0723 e. The lowest BCUT2D eigenvalue weighted by atomic mass is 9.94. The SMILES string of the molecule is C=C(C)/C=C(\C=N/C)CN/C=C1/C(C(=C)C2CC2)=NC=CC1N. The molecule has 122 valence electrons. The minimum absolute atomic E-state index is 0.154. The highest BCUT2D eigenvalue weighted by Crippen LogP contribution is 2.38. The summed E-state index contributed by atoms with van der Waals surface area (Å²) >= 11 is 0. The van der Waals surface area contributed by atoms with E-state index in [1.807, 2.05) is 31.5 Å². The maximum Gasteiger partial charge on any atom is 0.0723 e. The Bertz CT molecular complexity index is 628. The first-order valence-corrected chi connectivity index (χ1v) is 7.94. The molecular weight excluding hydrogens is 284 g/mol. The van der Waals surface area contributed by atoms with Crippen LogP contribution in [0.25, 0.3) is 0 Å². The van der Waals surface area contributed by atoms with Crippen LogP contribution in [0.2, 0.25) is 0 Å². The Morgan fingerprint density at radius 2 is 2.22 bits per heavy atom. The molecule has 1 aliphatic heterocycles. The average Bonchev–Trinajstić information content (AvgIpc) is 3.32. The lowest BCUT2D eigenvalue weighted by molar-refractivity contribution is 0.905. The topological polar surface area (TPSA) is 62.8 Å². The van der Waals surface area contributed by atoms with E-state index in [0.717, 1.165) is 28.0 Å². The molecule has 23 heavy (non-hydrogen) atoms. The summed E-state index contributed by atoms with van der Waals surface area (Å²) in [5.41, 5.74) is 11.3. The highest BCUT2D eigenvalue weighted by atomic mass is 14.9. The van der Waals surface area contributed by atoms with Crippen molar-refractivity contribution in [3.8, 4) is 0 Å². The van der Waals surface area contributed by atoms with E-state index in [1.54, 1.807) is 13.2 Å². The predicted molar refractivity (Wildman–Crippen MR) is 99.8 cm³/mol. The molecule has 1 unspecified atom stereocenters. The summed E-state index contributed by atoms with van der Waals surface area (Å²) in [4.78, 5) is 8.57. The van der Waals surface area contributed by atoms with Crippen LogP contribution in [0.5, 0.6) is 0 Å². The first-order valence-electron chi connectivity index (χ1n) is 7.94. The normalized spacial score (nSPS) is 23.3. The number of hydrogen-bond donors (Lipinski definition) is 2. The Hall–Kier alpha value is -2.20. The maximum atomic E-state index is 6.21. The fourth-order valence-electron chi connectivity index (χ4n) is 2.50. The Morgan fingerprint density at radius 3 is 2.83 bits per heavy atom. The van der Waals surface area contributed by atoms with Gasteiger partial charge in [-0.05, 0) is 42.9 Å². The van der Waals surface area contributed by atoms with Crippen molar-refractivity contribution in [2.45, 2.75) is 25.8 Å². The van der Waals surface area contributed by atoms with Crippen LogP contribution in [0.3, 0.4) is 0 Å². The molecule has 0 spiro atoms. The third-order valence-corrected chi connectivity index (χ3v) is 3.79. The van der Waals surface area contributed by atoms with Gasteiger partial charge in [0, 0.05) is 37.8 Å². The van der Waals surface area contributed by atoms with E-state index >= 15 is 0 Å². The molecule has 0 aromatic heterocycles. The van der Waals surface area contributed by atoms with E-state index in [2.05, 4.69) is 28.5 Å². The quantitative estimate of drug-likeness (QED) is 0.561. The molecule has 1 heterocycles. The molecule has 0 radical (unpaired) electrons. The third kappa shape index (κ3) is 4.89. The fraction of sp³-hybridized carbons (Fsp3) is 0.368. The van der Waals surface area contributed by atoms with Crippen molar-refractivity contribution >= 4 is 11.9 Å². The predicted octanol–water partition coefficient (Wildman–Crippen LogP) is 2.92. The molecule has 0 amide bonds. The van der Waals surface area contributed by atoms with Gasteiger partial charge in [-0.25, -0.2) is 0 Å². The van der Waals surface area contributed by atoms with Crippen molar-refractivity contribution in [1.29, 1.82) is 0 Å². The lowest BCUT2D eigenvalue weighted by Gasteiger charge is -2.20. The molecule has 1 atom stereocenters. The molecule has 1 aliphatic carbocycles. The summed E-state index contributed by atoms with van der Waals surface area (Å²) in [5, 5.41) is 3.32. The van der Waals surface area contributed by atoms with Crippen LogP contribution in [-0.2, 0) is 0 Å². The van der Waals surface area contributed by atoms with Crippen LogP contribution in [0.15, 0.2) is 70.0 Å². The Kier molecular flexibility index (Phi) is 5.88. The van der Waals surface area contributed by atoms with Crippen LogP contribution in [0, 0.1) is 5.92 Å². The summed E-state index contributed by atoms with van der Waals surface area (Å²) in [7, 11) is 1.76. The van der Waals surface area contributed by atoms with Gasteiger partial charge in [0.1, 0.15) is 0 Å². The molecule has 0 saturated heterocycles. The second-order valence-corrected chi connectivity index (χ2v) is 6.08. The Labute approximate surface area is 139 Å². The second-order valence-electron chi connectivity index (χ2n) is 6.08. The van der Waals surface area contributed by atoms with Crippen LogP contribution in [-0.4, -0.2) is 31.6 Å². The van der Waals surface area contributed by atoms with Gasteiger partial charge in [-0.2, -0.15) is 0 Å². The minimum Gasteiger partial charge on any atom is -0.386 e. The van der Waals surface area contributed by atoms with E-state index in [1.165, 1.54) is 12.8 Å². The fourth-order valence-corrected chi connectivity index (χ4v) is 2.50. The molecule has 0 bridgehead atoms. The van der Waals surface area contributed by atoms with Gasteiger partial charge in [-0.1, -0.05) is 24.8 Å². The molecule has 0 aromatic rings. The lowest BCUT2D eigenvalue weighted by Crippen LogP contribution is -2.30. The number of nitrogens with one attached hydrogen (secondary N) is 1. The van der Waals surface area contributed by atoms with Crippen molar-refractivity contribution in [2.75, 3.05) is 13.6 Å². The molecule has 1 saturated carbocycles. The van der Waals surface area contributed by atoms with Gasteiger partial charge in [-0.15, -0.1) is 0 Å². The molecular formula is C19H26N4. The number of nitrogens with two attached hydrogens (primary N) is 1. The molecule has 3 N–H and O–H groups in total. The van der Waals surface area contributed by atoms with E-state index in [-0.39, 0.29) is 6.04 Å². The van der Waals surface area contributed by atoms with Crippen LogP contribution in [0.4, 0.5) is 0 Å². The molecule has 0 aromatic carbocycles.